The van der Waals surface area contributed by atoms with Gasteiger partial charge >= 0.3 is 6.03 Å². The summed E-state index contributed by atoms with van der Waals surface area (Å²) in [5, 5.41) is 2.71. The Labute approximate surface area is 151 Å². The highest BCUT2D eigenvalue weighted by Gasteiger charge is 2.23. The summed E-state index contributed by atoms with van der Waals surface area (Å²) in [6.45, 7) is 1.21. The van der Waals surface area contributed by atoms with Gasteiger partial charge in [-0.1, -0.05) is 6.07 Å². The fourth-order valence-corrected chi connectivity index (χ4v) is 2.73. The molecule has 0 aliphatic carbocycles. The zero-order chi connectivity index (χ0) is 18.5. The van der Waals surface area contributed by atoms with E-state index in [-0.39, 0.29) is 18.5 Å². The van der Waals surface area contributed by atoms with Crippen molar-refractivity contribution >= 4 is 23.3 Å². The lowest BCUT2D eigenvalue weighted by Gasteiger charge is -2.33. The number of hydrogen-bond donors (Lipinski definition) is 1. The highest BCUT2D eigenvalue weighted by Crippen LogP contribution is 2.21. The molecule has 2 aromatic rings. The fraction of sp³-hybridized carbons (Fsp3) is 0.263. The number of rotatable bonds is 5. The van der Waals surface area contributed by atoms with Crippen LogP contribution in [0.5, 0.6) is 5.75 Å². The van der Waals surface area contributed by atoms with E-state index in [9.17, 15) is 14.0 Å². The molecule has 0 radical (unpaired) electrons. The summed E-state index contributed by atoms with van der Waals surface area (Å²) in [6.07, 6.45) is 0.915. The van der Waals surface area contributed by atoms with E-state index in [1.54, 1.807) is 47.2 Å². The van der Waals surface area contributed by atoms with Crippen molar-refractivity contribution in [1.29, 1.82) is 0 Å². The SMILES string of the molecule is CN1CCCN(c2ccc(NC(=O)COc3cccc(F)c3)cc2)C1=O. The lowest BCUT2D eigenvalue weighted by atomic mass is 10.2. The van der Waals surface area contributed by atoms with E-state index in [1.165, 1.54) is 18.2 Å². The van der Waals surface area contributed by atoms with Crippen molar-refractivity contribution in [2.45, 2.75) is 6.42 Å². The summed E-state index contributed by atoms with van der Waals surface area (Å²) in [7, 11) is 1.78. The Bertz CT molecular complexity index is 795. The van der Waals surface area contributed by atoms with Gasteiger partial charge in [0, 0.05) is 37.6 Å². The van der Waals surface area contributed by atoms with E-state index in [0.29, 0.717) is 18.0 Å². The highest BCUT2D eigenvalue weighted by molar-refractivity contribution is 5.94. The number of hydrogen-bond acceptors (Lipinski definition) is 3. The minimum Gasteiger partial charge on any atom is -0.484 e. The minimum atomic E-state index is -0.420. The number of urea groups is 1. The topological polar surface area (TPSA) is 61.9 Å². The van der Waals surface area contributed by atoms with Crippen LogP contribution in [0.15, 0.2) is 48.5 Å². The van der Waals surface area contributed by atoms with Crippen LogP contribution in [0.1, 0.15) is 6.42 Å². The number of anilines is 2. The van der Waals surface area contributed by atoms with Crippen molar-refractivity contribution in [3.8, 4) is 5.75 Å². The van der Waals surface area contributed by atoms with E-state index in [1.807, 2.05) is 0 Å². The average Bonchev–Trinajstić information content (AvgIpc) is 2.63. The van der Waals surface area contributed by atoms with Gasteiger partial charge in [0.05, 0.1) is 0 Å². The molecule has 26 heavy (non-hydrogen) atoms. The van der Waals surface area contributed by atoms with Crippen LogP contribution >= 0.6 is 0 Å². The lowest BCUT2D eigenvalue weighted by molar-refractivity contribution is -0.118. The van der Waals surface area contributed by atoms with Crippen LogP contribution in [0.3, 0.4) is 0 Å². The van der Waals surface area contributed by atoms with Crippen LogP contribution < -0.4 is 15.0 Å². The maximum Gasteiger partial charge on any atom is 0.324 e. The quantitative estimate of drug-likeness (QED) is 0.894. The van der Waals surface area contributed by atoms with Gasteiger partial charge in [0.1, 0.15) is 11.6 Å². The molecule has 1 aliphatic rings. The molecular formula is C19H20FN3O3. The number of nitrogens with zero attached hydrogens (tertiary/aromatic N) is 2. The summed E-state index contributed by atoms with van der Waals surface area (Å²) in [5.41, 5.74) is 1.38. The molecule has 6 nitrogen and oxygen atoms in total. The van der Waals surface area contributed by atoms with Crippen molar-refractivity contribution in [3.05, 3.63) is 54.3 Å². The van der Waals surface area contributed by atoms with Gasteiger partial charge in [-0.25, -0.2) is 9.18 Å². The van der Waals surface area contributed by atoms with Gasteiger partial charge in [-0.3, -0.25) is 9.69 Å². The molecule has 1 N–H and O–H groups in total. The molecule has 0 spiro atoms. The second-order valence-electron chi connectivity index (χ2n) is 6.05. The first kappa shape index (κ1) is 17.7. The Hall–Kier alpha value is -3.09. The van der Waals surface area contributed by atoms with Crippen molar-refractivity contribution in [1.82, 2.24) is 4.90 Å². The zero-order valence-electron chi connectivity index (χ0n) is 14.4. The summed E-state index contributed by atoms with van der Waals surface area (Å²) in [5.74, 6) is -0.476. The molecule has 1 saturated heterocycles. The number of amides is 3. The van der Waals surface area contributed by atoms with Gasteiger partial charge in [-0.15, -0.1) is 0 Å². The van der Waals surface area contributed by atoms with Gasteiger partial charge in [0.25, 0.3) is 5.91 Å². The van der Waals surface area contributed by atoms with Crippen LogP contribution in [0.2, 0.25) is 0 Å². The number of carbonyl (C=O) groups is 2. The zero-order valence-corrected chi connectivity index (χ0v) is 14.4. The smallest absolute Gasteiger partial charge is 0.324 e. The molecule has 3 rings (SSSR count). The molecule has 1 aliphatic heterocycles. The van der Waals surface area contributed by atoms with Gasteiger partial charge in [0.15, 0.2) is 6.61 Å². The third-order valence-corrected chi connectivity index (χ3v) is 4.06. The Balaban J connectivity index is 1.55. The molecule has 0 atom stereocenters. The van der Waals surface area contributed by atoms with Crippen LogP contribution in [0, 0.1) is 5.82 Å². The largest absolute Gasteiger partial charge is 0.484 e. The van der Waals surface area contributed by atoms with Crippen molar-refractivity contribution in [2.75, 3.05) is 37.0 Å². The molecule has 136 valence electrons. The molecule has 0 aromatic heterocycles. The molecule has 7 heteroatoms. The summed E-state index contributed by atoms with van der Waals surface area (Å²) >= 11 is 0. The number of carbonyl (C=O) groups excluding carboxylic acids is 2. The normalized spacial score (nSPS) is 14.3. The molecule has 3 amide bonds. The van der Waals surface area contributed by atoms with Crippen molar-refractivity contribution in [3.63, 3.8) is 0 Å². The minimum absolute atomic E-state index is 0.0310. The maximum atomic E-state index is 13.1. The third-order valence-electron chi connectivity index (χ3n) is 4.06. The standard InChI is InChI=1S/C19H20FN3O3/c1-22-10-3-11-23(19(22)25)16-8-6-15(7-9-16)21-18(24)13-26-17-5-2-4-14(20)12-17/h2,4-9,12H,3,10-11,13H2,1H3,(H,21,24). The van der Waals surface area contributed by atoms with E-state index < -0.39 is 5.82 Å². The monoisotopic (exact) mass is 357 g/mol. The van der Waals surface area contributed by atoms with Crippen LogP contribution in [-0.2, 0) is 4.79 Å². The first-order chi connectivity index (χ1) is 12.5. The second-order valence-corrected chi connectivity index (χ2v) is 6.05. The van der Waals surface area contributed by atoms with Crippen molar-refractivity contribution in [2.24, 2.45) is 0 Å². The highest BCUT2D eigenvalue weighted by atomic mass is 19.1. The molecule has 1 fully saturated rings. The number of halogens is 1. The molecule has 2 aromatic carbocycles. The molecule has 0 unspecified atom stereocenters. The van der Waals surface area contributed by atoms with Crippen LogP contribution in [0.4, 0.5) is 20.6 Å². The van der Waals surface area contributed by atoms with Gasteiger partial charge < -0.3 is 15.0 Å². The van der Waals surface area contributed by atoms with E-state index >= 15 is 0 Å². The predicted octanol–water partition coefficient (Wildman–Crippen LogP) is 3.11. The van der Waals surface area contributed by atoms with E-state index in [2.05, 4.69) is 5.32 Å². The fourth-order valence-electron chi connectivity index (χ4n) is 2.73. The lowest BCUT2D eigenvalue weighted by Crippen LogP contribution is -2.47. The number of ether oxygens (including phenoxy) is 1. The van der Waals surface area contributed by atoms with E-state index in [0.717, 1.165) is 18.7 Å². The van der Waals surface area contributed by atoms with Crippen LogP contribution in [0.25, 0.3) is 0 Å². The average molecular weight is 357 g/mol. The summed E-state index contributed by atoms with van der Waals surface area (Å²) in [6, 6.07) is 12.6. The first-order valence-electron chi connectivity index (χ1n) is 8.34. The maximum absolute atomic E-state index is 13.1. The molecule has 0 bridgehead atoms. The Morgan fingerprint density at radius 3 is 2.69 bits per heavy atom. The van der Waals surface area contributed by atoms with Crippen LogP contribution in [-0.4, -0.2) is 43.6 Å². The van der Waals surface area contributed by atoms with Gasteiger partial charge in [-0.05, 0) is 42.8 Å². The molecule has 0 saturated carbocycles. The van der Waals surface area contributed by atoms with Crippen molar-refractivity contribution < 1.29 is 18.7 Å². The number of nitrogens with one attached hydrogen (secondary N) is 1. The first-order valence-corrected chi connectivity index (χ1v) is 8.34. The summed E-state index contributed by atoms with van der Waals surface area (Å²) in [4.78, 5) is 27.5. The summed E-state index contributed by atoms with van der Waals surface area (Å²) < 4.78 is 18.3. The second kappa shape index (κ2) is 7.86. The Morgan fingerprint density at radius 2 is 1.96 bits per heavy atom. The Morgan fingerprint density at radius 1 is 1.19 bits per heavy atom. The predicted molar refractivity (Wildman–Crippen MR) is 97.0 cm³/mol. The molecule has 1 heterocycles. The van der Waals surface area contributed by atoms with Gasteiger partial charge in [-0.2, -0.15) is 0 Å². The number of benzene rings is 2. The molecular weight excluding hydrogens is 337 g/mol. The van der Waals surface area contributed by atoms with Gasteiger partial charge in [0.2, 0.25) is 0 Å². The van der Waals surface area contributed by atoms with E-state index in [4.69, 9.17) is 4.74 Å². The Kier molecular flexibility index (Phi) is 5.36. The third kappa shape index (κ3) is 4.30.